The highest BCUT2D eigenvalue weighted by Gasteiger charge is 2.33. The van der Waals surface area contributed by atoms with Gasteiger partial charge in [0.1, 0.15) is 11.2 Å². The van der Waals surface area contributed by atoms with E-state index in [9.17, 15) is 14.4 Å². The molecule has 216 valence electrons. The summed E-state index contributed by atoms with van der Waals surface area (Å²) >= 11 is 0. The Morgan fingerprint density at radius 2 is 1.73 bits per heavy atom. The number of carbonyl (C=O) groups is 2. The lowest BCUT2D eigenvalue weighted by molar-refractivity contribution is -0.894. The maximum Gasteiger partial charge on any atom is 0.258 e. The minimum Gasteiger partial charge on any atom is -0.452 e. The van der Waals surface area contributed by atoms with Gasteiger partial charge in [-0.15, -0.1) is 0 Å². The number of aromatic nitrogens is 1. The van der Waals surface area contributed by atoms with Crippen LogP contribution in [0.1, 0.15) is 45.2 Å². The first-order valence-corrected chi connectivity index (χ1v) is 13.8. The molecule has 2 aliphatic heterocycles. The van der Waals surface area contributed by atoms with Crippen LogP contribution in [0.15, 0.2) is 15.3 Å². The van der Waals surface area contributed by atoms with Crippen LogP contribution in [0, 0.1) is 13.8 Å². The Morgan fingerprint density at radius 1 is 1.07 bits per heavy atom. The van der Waals surface area contributed by atoms with Crippen molar-refractivity contribution in [2.24, 2.45) is 0 Å². The number of benzene rings is 2. The standard InChI is InChI=1S/C29H41N7O4/c1-8-9-34(11-10-33(4)5)29(39)21-22(31)25(37)18(3)27-24(21)32-23-19(16-20(30)17(2)26(23)40-27)28(38)35-12-14-36(6,7)15-13-35/h16H,8-15H2,1-7H3,(H3-,30,31,32,37,38,39)/p+1. The van der Waals surface area contributed by atoms with E-state index in [0.29, 0.717) is 60.6 Å². The Kier molecular flexibility index (Phi) is 8.09. The molecule has 0 bridgehead atoms. The molecule has 40 heavy (non-hydrogen) atoms. The molecule has 2 heterocycles. The smallest absolute Gasteiger partial charge is 0.258 e. The van der Waals surface area contributed by atoms with E-state index < -0.39 is 5.43 Å². The summed E-state index contributed by atoms with van der Waals surface area (Å²) in [6.07, 6.45) is 0.732. The molecule has 0 atom stereocenters. The molecular formula is C29H42N7O4+. The van der Waals surface area contributed by atoms with Crippen molar-refractivity contribution < 1.29 is 18.5 Å². The Morgan fingerprint density at radius 3 is 2.33 bits per heavy atom. The first kappa shape index (κ1) is 29.3. The second-order valence-electron chi connectivity index (χ2n) is 11.7. The predicted molar refractivity (Wildman–Crippen MR) is 158 cm³/mol. The van der Waals surface area contributed by atoms with E-state index in [-0.39, 0.29) is 40.1 Å². The van der Waals surface area contributed by atoms with Crippen LogP contribution in [0.3, 0.4) is 0 Å². The molecule has 11 heteroatoms. The van der Waals surface area contributed by atoms with Gasteiger partial charge in [-0.1, -0.05) is 6.92 Å². The summed E-state index contributed by atoms with van der Waals surface area (Å²) in [5.41, 5.74) is 14.4. The molecule has 1 aromatic rings. The lowest BCUT2D eigenvalue weighted by Gasteiger charge is -2.39. The zero-order chi connectivity index (χ0) is 29.5. The lowest BCUT2D eigenvalue weighted by atomic mass is 9.98. The second kappa shape index (κ2) is 11.1. The molecular weight excluding hydrogens is 510 g/mol. The first-order valence-electron chi connectivity index (χ1n) is 13.8. The van der Waals surface area contributed by atoms with Gasteiger partial charge in [0.15, 0.2) is 11.3 Å². The number of amides is 2. The minimum absolute atomic E-state index is 0.00774. The maximum atomic E-state index is 13.9. The molecule has 1 saturated heterocycles. The number of anilines is 2. The van der Waals surface area contributed by atoms with Crippen LogP contribution in [-0.4, -0.2) is 110 Å². The van der Waals surface area contributed by atoms with Gasteiger partial charge in [0.05, 0.1) is 57.1 Å². The van der Waals surface area contributed by atoms with Gasteiger partial charge in [-0.25, -0.2) is 4.98 Å². The van der Waals surface area contributed by atoms with Crippen molar-refractivity contribution >= 4 is 34.3 Å². The molecule has 0 unspecified atom stereocenters. The van der Waals surface area contributed by atoms with Gasteiger partial charge >= 0.3 is 0 Å². The van der Waals surface area contributed by atoms with E-state index in [1.807, 2.05) is 25.9 Å². The lowest BCUT2D eigenvalue weighted by Crippen LogP contribution is -2.56. The molecule has 0 spiro atoms. The van der Waals surface area contributed by atoms with Crippen molar-refractivity contribution in [3.8, 4) is 11.5 Å². The molecule has 1 fully saturated rings. The van der Waals surface area contributed by atoms with Gasteiger partial charge in [-0.3, -0.25) is 14.4 Å². The van der Waals surface area contributed by atoms with Gasteiger partial charge < -0.3 is 35.1 Å². The summed E-state index contributed by atoms with van der Waals surface area (Å²) < 4.78 is 7.15. The van der Waals surface area contributed by atoms with Crippen LogP contribution >= 0.6 is 0 Å². The quantitative estimate of drug-likeness (QED) is 0.258. The number of aryl methyl sites for hydroxylation is 1. The van der Waals surface area contributed by atoms with Crippen molar-refractivity contribution in [3.05, 3.63) is 38.5 Å². The highest BCUT2D eigenvalue weighted by Crippen LogP contribution is 2.37. The molecule has 3 aliphatic rings. The van der Waals surface area contributed by atoms with E-state index in [1.54, 1.807) is 29.7 Å². The highest BCUT2D eigenvalue weighted by molar-refractivity contribution is 6.09. The fourth-order valence-corrected chi connectivity index (χ4v) is 5.10. The molecule has 4 N–H and O–H groups in total. The Bertz CT molecular complexity index is 1480. The molecule has 1 aliphatic carbocycles. The molecule has 4 rings (SSSR count). The van der Waals surface area contributed by atoms with E-state index in [4.69, 9.17) is 20.9 Å². The summed E-state index contributed by atoms with van der Waals surface area (Å²) in [7, 11) is 8.15. The van der Waals surface area contributed by atoms with Gasteiger partial charge in [-0.05, 0) is 40.4 Å². The number of likely N-dealkylation sites (N-methyl/N-ethyl adjacent to an activating group) is 2. The summed E-state index contributed by atoms with van der Waals surface area (Å²) in [5.74, 6) is -0.417. The number of nitrogen functional groups attached to an aromatic ring is 2. The van der Waals surface area contributed by atoms with Crippen molar-refractivity contribution in [1.29, 1.82) is 0 Å². The van der Waals surface area contributed by atoms with E-state index in [0.717, 1.165) is 24.0 Å². The average Bonchev–Trinajstić information content (AvgIpc) is 2.90. The number of quaternary nitrogens is 1. The van der Waals surface area contributed by atoms with Crippen molar-refractivity contribution in [1.82, 2.24) is 19.7 Å². The number of nitrogens with zero attached hydrogens (tertiary/aromatic N) is 5. The van der Waals surface area contributed by atoms with Gasteiger partial charge in [0.2, 0.25) is 5.43 Å². The Hall–Kier alpha value is -3.70. The number of carbonyl (C=O) groups excluding carboxylic acids is 2. The minimum atomic E-state index is -0.475. The molecule has 2 amide bonds. The number of fused-ring (bicyclic) bond motifs is 2. The fourth-order valence-electron chi connectivity index (χ4n) is 5.10. The van der Waals surface area contributed by atoms with Gasteiger partial charge in [0, 0.05) is 36.4 Å². The number of piperazine rings is 1. The Balaban J connectivity index is 1.95. The third-order valence-electron chi connectivity index (χ3n) is 7.90. The fraction of sp³-hybridized carbons (Fsp3) is 0.517. The largest absolute Gasteiger partial charge is 0.452 e. The number of hydrogen-bond acceptors (Lipinski definition) is 8. The third-order valence-corrected chi connectivity index (χ3v) is 7.90. The van der Waals surface area contributed by atoms with Crippen LogP contribution in [0.25, 0.3) is 22.6 Å². The maximum absolute atomic E-state index is 13.9. The molecule has 1 aromatic carbocycles. The number of hydrogen-bond donors (Lipinski definition) is 2. The van der Waals surface area contributed by atoms with Crippen LogP contribution in [-0.2, 0) is 0 Å². The van der Waals surface area contributed by atoms with Crippen molar-refractivity contribution in [2.75, 3.05) is 85.5 Å². The average molecular weight is 553 g/mol. The SMILES string of the molecule is CCCN(CCN(C)C)C(=O)c1c2nc3c(C(=O)N4CC[N+](C)(C)CC4)cc(N)c(C)c3oc-2c(C)c(=O)c1N. The topological polar surface area (TPSA) is 139 Å². The highest BCUT2D eigenvalue weighted by atomic mass is 16.3. The van der Waals surface area contributed by atoms with E-state index in [2.05, 4.69) is 14.1 Å². The zero-order valence-electron chi connectivity index (χ0n) is 24.8. The molecule has 0 radical (unpaired) electrons. The monoisotopic (exact) mass is 552 g/mol. The van der Waals surface area contributed by atoms with E-state index >= 15 is 0 Å². The second-order valence-corrected chi connectivity index (χ2v) is 11.7. The van der Waals surface area contributed by atoms with Crippen molar-refractivity contribution in [2.45, 2.75) is 27.2 Å². The van der Waals surface area contributed by atoms with Crippen LogP contribution in [0.4, 0.5) is 11.4 Å². The van der Waals surface area contributed by atoms with Crippen LogP contribution in [0.5, 0.6) is 0 Å². The molecule has 11 nitrogen and oxygen atoms in total. The van der Waals surface area contributed by atoms with Gasteiger partial charge in [-0.2, -0.15) is 0 Å². The summed E-state index contributed by atoms with van der Waals surface area (Å²) in [6.45, 7) is 9.80. The van der Waals surface area contributed by atoms with E-state index in [1.165, 1.54) is 0 Å². The number of rotatable bonds is 7. The predicted octanol–water partition coefficient (Wildman–Crippen LogP) is 2.02. The number of nitrogens with two attached hydrogens (primary N) is 2. The zero-order valence-corrected chi connectivity index (χ0v) is 24.8. The summed E-state index contributed by atoms with van der Waals surface area (Å²) in [4.78, 5) is 51.3. The molecule has 0 aromatic heterocycles. The normalized spacial score (nSPS) is 15.2. The van der Waals surface area contributed by atoms with Crippen molar-refractivity contribution in [3.63, 3.8) is 0 Å². The summed E-state index contributed by atoms with van der Waals surface area (Å²) in [5, 5.41) is 0. The first-order chi connectivity index (χ1) is 18.8. The van der Waals surface area contributed by atoms with Crippen LogP contribution < -0.4 is 16.9 Å². The van der Waals surface area contributed by atoms with Crippen LogP contribution in [0.2, 0.25) is 0 Å². The summed E-state index contributed by atoms with van der Waals surface area (Å²) in [6, 6.07) is 1.63. The Labute approximate surface area is 235 Å². The third kappa shape index (κ3) is 5.35. The molecule has 0 saturated carbocycles. The van der Waals surface area contributed by atoms with Gasteiger partial charge in [0.25, 0.3) is 11.8 Å².